The lowest BCUT2D eigenvalue weighted by atomic mass is 10.1. The first-order chi connectivity index (χ1) is 17.6. The number of carbonyl (C=O) groups is 3. The van der Waals surface area contributed by atoms with Crippen molar-refractivity contribution in [1.82, 2.24) is 19.5 Å². The molecule has 0 aromatic carbocycles. The minimum atomic E-state index is -1.08. The maximum Gasteiger partial charge on any atom is 0.303 e. The number of anilines is 2. The second-order valence-corrected chi connectivity index (χ2v) is 9.22. The highest BCUT2D eigenvalue weighted by atomic mass is 16.7. The Labute approximate surface area is 213 Å². The van der Waals surface area contributed by atoms with Crippen molar-refractivity contribution >= 4 is 40.8 Å². The Morgan fingerprint density at radius 3 is 2.46 bits per heavy atom. The topological polar surface area (TPSA) is 165 Å². The van der Waals surface area contributed by atoms with Gasteiger partial charge in [-0.2, -0.15) is 0 Å². The predicted molar refractivity (Wildman–Crippen MR) is 129 cm³/mol. The lowest BCUT2D eigenvalue weighted by molar-refractivity contribution is -0.166. The van der Waals surface area contributed by atoms with Gasteiger partial charge in [0.15, 0.2) is 35.4 Å². The van der Waals surface area contributed by atoms with Crippen LogP contribution in [0.5, 0.6) is 0 Å². The zero-order valence-electron chi connectivity index (χ0n) is 21.4. The van der Waals surface area contributed by atoms with Crippen molar-refractivity contribution in [3.05, 3.63) is 6.33 Å². The van der Waals surface area contributed by atoms with Gasteiger partial charge >= 0.3 is 17.9 Å². The fourth-order valence-corrected chi connectivity index (χ4v) is 4.36. The van der Waals surface area contributed by atoms with Gasteiger partial charge in [-0.15, -0.1) is 0 Å². The highest BCUT2D eigenvalue weighted by molar-refractivity contribution is 5.85. The monoisotopic (exact) mass is 520 g/mol. The molecule has 2 saturated heterocycles. The summed E-state index contributed by atoms with van der Waals surface area (Å²) in [7, 11) is 0. The quantitative estimate of drug-likeness (QED) is 0.358. The number of ether oxygens (including phenoxy) is 5. The SMILES string of the molecule is CC(=O)OC[C@H]1O[C@@H](n2c(NC(C)C)nc3c(N[C@@H]4CCOC4)ncnc32)[C@H](OC(C)=O)[C@@H]1OC(C)=O. The smallest absolute Gasteiger partial charge is 0.303 e. The van der Waals surface area contributed by atoms with Crippen molar-refractivity contribution in [3.63, 3.8) is 0 Å². The summed E-state index contributed by atoms with van der Waals surface area (Å²) in [6.07, 6.45) is -1.84. The van der Waals surface area contributed by atoms with Gasteiger partial charge in [-0.05, 0) is 20.3 Å². The first-order valence-corrected chi connectivity index (χ1v) is 12.1. The molecule has 0 amide bonds. The van der Waals surface area contributed by atoms with E-state index in [1.165, 1.54) is 27.1 Å². The highest BCUT2D eigenvalue weighted by Crippen LogP contribution is 2.39. The molecule has 0 bridgehead atoms. The Balaban J connectivity index is 1.80. The Morgan fingerprint density at radius 1 is 1.11 bits per heavy atom. The van der Waals surface area contributed by atoms with Gasteiger partial charge < -0.3 is 34.3 Å². The van der Waals surface area contributed by atoms with E-state index in [2.05, 4.69) is 20.6 Å². The van der Waals surface area contributed by atoms with Crippen LogP contribution in [-0.2, 0) is 38.1 Å². The third kappa shape index (κ3) is 6.07. The van der Waals surface area contributed by atoms with Crippen LogP contribution in [0.1, 0.15) is 47.3 Å². The molecule has 2 aliphatic rings. The van der Waals surface area contributed by atoms with Crippen molar-refractivity contribution in [3.8, 4) is 0 Å². The van der Waals surface area contributed by atoms with E-state index in [0.29, 0.717) is 36.1 Å². The van der Waals surface area contributed by atoms with E-state index < -0.39 is 42.4 Å². The number of imidazole rings is 1. The lowest BCUT2D eigenvalue weighted by Crippen LogP contribution is -2.40. The third-order valence-corrected chi connectivity index (χ3v) is 5.76. The summed E-state index contributed by atoms with van der Waals surface area (Å²) in [5, 5.41) is 6.63. The van der Waals surface area contributed by atoms with Crippen molar-refractivity contribution < 1.29 is 38.1 Å². The van der Waals surface area contributed by atoms with Gasteiger partial charge in [-0.1, -0.05) is 0 Å². The number of aromatic nitrogens is 4. The van der Waals surface area contributed by atoms with E-state index in [4.69, 9.17) is 28.7 Å². The zero-order chi connectivity index (χ0) is 26.7. The van der Waals surface area contributed by atoms with Crippen LogP contribution in [0.3, 0.4) is 0 Å². The first kappa shape index (κ1) is 26.5. The highest BCUT2D eigenvalue weighted by Gasteiger charge is 2.51. The Kier molecular flexibility index (Phi) is 8.07. The van der Waals surface area contributed by atoms with Crippen molar-refractivity contribution in [2.24, 2.45) is 0 Å². The summed E-state index contributed by atoms with van der Waals surface area (Å²) in [5.74, 6) is -0.853. The van der Waals surface area contributed by atoms with Gasteiger partial charge in [0.1, 0.15) is 19.0 Å². The maximum atomic E-state index is 12.1. The van der Waals surface area contributed by atoms with Gasteiger partial charge in [0.2, 0.25) is 5.95 Å². The molecule has 37 heavy (non-hydrogen) atoms. The van der Waals surface area contributed by atoms with Crippen LogP contribution < -0.4 is 10.6 Å². The fourth-order valence-electron chi connectivity index (χ4n) is 4.36. The predicted octanol–water partition coefficient (Wildman–Crippen LogP) is 1.17. The number of hydrogen-bond donors (Lipinski definition) is 2. The number of hydrogen-bond acceptors (Lipinski definition) is 13. The number of carbonyl (C=O) groups excluding carboxylic acids is 3. The normalized spacial score (nSPS) is 25.3. The molecule has 2 aromatic rings. The van der Waals surface area contributed by atoms with E-state index in [1.807, 2.05) is 13.8 Å². The molecule has 4 rings (SSSR count). The molecular weight excluding hydrogens is 488 g/mol. The van der Waals surface area contributed by atoms with Crippen LogP contribution in [-0.4, -0.2) is 87.6 Å². The average Bonchev–Trinajstić information content (AvgIpc) is 3.51. The minimum absolute atomic E-state index is 0.0298. The molecule has 2 aliphatic heterocycles. The maximum absolute atomic E-state index is 12.1. The van der Waals surface area contributed by atoms with E-state index in [1.54, 1.807) is 4.57 Å². The van der Waals surface area contributed by atoms with E-state index in [-0.39, 0.29) is 18.7 Å². The summed E-state index contributed by atoms with van der Waals surface area (Å²) >= 11 is 0. The molecule has 2 N–H and O–H groups in total. The van der Waals surface area contributed by atoms with Crippen molar-refractivity contribution in [1.29, 1.82) is 0 Å². The first-order valence-electron chi connectivity index (χ1n) is 12.1. The van der Waals surface area contributed by atoms with Crippen molar-refractivity contribution in [2.75, 3.05) is 30.5 Å². The van der Waals surface area contributed by atoms with Crippen LogP contribution in [0.2, 0.25) is 0 Å². The third-order valence-electron chi connectivity index (χ3n) is 5.76. The molecule has 0 aliphatic carbocycles. The molecule has 202 valence electrons. The zero-order valence-corrected chi connectivity index (χ0v) is 21.4. The molecule has 0 unspecified atom stereocenters. The van der Waals surface area contributed by atoms with Gasteiger partial charge in [-0.3, -0.25) is 19.0 Å². The standard InChI is InChI=1S/C23H32N6O8/c1-11(2)26-23-28-17-20(27-15-6-7-33-8-15)24-10-25-21(17)29(23)22-19(36-14(5)32)18(35-13(4)31)16(37-22)9-34-12(3)30/h10-11,15-16,18-19,22H,6-9H2,1-5H3,(H,26,28)(H,24,25,27)/t15-,16-,18-,19-,22-/m1/s1. The van der Waals surface area contributed by atoms with Gasteiger partial charge in [0, 0.05) is 33.4 Å². The summed E-state index contributed by atoms with van der Waals surface area (Å²) < 4.78 is 29.6. The molecule has 2 aromatic heterocycles. The molecule has 14 nitrogen and oxygen atoms in total. The average molecular weight is 521 g/mol. The Morgan fingerprint density at radius 2 is 1.84 bits per heavy atom. The number of nitrogens with one attached hydrogen (secondary N) is 2. The molecule has 0 spiro atoms. The molecule has 0 saturated carbocycles. The minimum Gasteiger partial charge on any atom is -0.463 e. The van der Waals surface area contributed by atoms with E-state index in [9.17, 15) is 14.4 Å². The van der Waals surface area contributed by atoms with Gasteiger partial charge in [-0.25, -0.2) is 15.0 Å². The molecule has 0 radical (unpaired) electrons. The number of esters is 3. The number of nitrogens with zero attached hydrogens (tertiary/aromatic N) is 4. The molecule has 2 fully saturated rings. The largest absolute Gasteiger partial charge is 0.463 e. The van der Waals surface area contributed by atoms with Crippen LogP contribution in [0.15, 0.2) is 6.33 Å². The molecule has 4 heterocycles. The van der Waals surface area contributed by atoms with Gasteiger partial charge in [0.25, 0.3) is 0 Å². The van der Waals surface area contributed by atoms with Crippen LogP contribution >= 0.6 is 0 Å². The molecule has 14 heteroatoms. The summed E-state index contributed by atoms with van der Waals surface area (Å²) in [4.78, 5) is 49.1. The van der Waals surface area contributed by atoms with Crippen LogP contribution in [0.25, 0.3) is 11.2 Å². The Hall–Kier alpha value is -3.52. The second-order valence-electron chi connectivity index (χ2n) is 9.22. The molecular formula is C23H32N6O8. The Bertz CT molecular complexity index is 1150. The number of fused-ring (bicyclic) bond motifs is 1. The number of rotatable bonds is 9. The lowest BCUT2D eigenvalue weighted by Gasteiger charge is -2.25. The second kappa shape index (κ2) is 11.3. The molecule has 5 atom stereocenters. The summed E-state index contributed by atoms with van der Waals surface area (Å²) in [6.45, 7) is 8.60. The van der Waals surface area contributed by atoms with Crippen LogP contribution in [0.4, 0.5) is 11.8 Å². The summed E-state index contributed by atoms with van der Waals surface area (Å²) in [5.41, 5.74) is 0.867. The van der Waals surface area contributed by atoms with Crippen LogP contribution in [0, 0.1) is 0 Å². The fraction of sp³-hybridized carbons (Fsp3) is 0.652. The van der Waals surface area contributed by atoms with E-state index in [0.717, 1.165) is 6.42 Å². The van der Waals surface area contributed by atoms with Crippen molar-refractivity contribution in [2.45, 2.75) is 77.7 Å². The van der Waals surface area contributed by atoms with Gasteiger partial charge in [0.05, 0.1) is 12.6 Å². The summed E-state index contributed by atoms with van der Waals surface area (Å²) in [6, 6.07) is 0.0422. The van der Waals surface area contributed by atoms with E-state index >= 15 is 0 Å².